The van der Waals surface area contributed by atoms with Crippen molar-refractivity contribution >= 4 is 32.5 Å². The van der Waals surface area contributed by atoms with E-state index in [-0.39, 0.29) is 0 Å². The number of nitrogens with one attached hydrogen (secondary N) is 2. The van der Waals surface area contributed by atoms with Crippen LogP contribution in [0.3, 0.4) is 0 Å². The third kappa shape index (κ3) is 3.15. The quantitative estimate of drug-likeness (QED) is 0.547. The predicted molar refractivity (Wildman–Crippen MR) is 104 cm³/mol. The van der Waals surface area contributed by atoms with Gasteiger partial charge in [0, 0.05) is 44.4 Å². The van der Waals surface area contributed by atoms with Crippen LogP contribution in [0.4, 0.5) is 0 Å². The molecule has 0 saturated heterocycles. The van der Waals surface area contributed by atoms with Crippen molar-refractivity contribution in [2.24, 2.45) is 0 Å². The van der Waals surface area contributed by atoms with Crippen LogP contribution in [0.1, 0.15) is 5.69 Å². The number of H-pyrrole nitrogens is 2. The molecule has 4 aromatic rings. The molecule has 0 amide bonds. The van der Waals surface area contributed by atoms with E-state index in [1.165, 1.54) is 6.26 Å². The number of rotatable bonds is 4. The van der Waals surface area contributed by atoms with E-state index in [1.807, 2.05) is 25.3 Å². The van der Waals surface area contributed by atoms with Crippen LogP contribution in [-0.4, -0.2) is 29.9 Å². The molecule has 0 spiro atoms. The fourth-order valence-electron chi connectivity index (χ4n) is 2.89. The molecule has 0 radical (unpaired) electrons. The molecule has 0 fully saturated rings. The van der Waals surface area contributed by atoms with E-state index < -0.39 is 9.84 Å². The Morgan fingerprint density at radius 2 is 1.81 bits per heavy atom. The van der Waals surface area contributed by atoms with Gasteiger partial charge < -0.3 is 4.98 Å². The maximum atomic E-state index is 11.6. The van der Waals surface area contributed by atoms with Gasteiger partial charge in [-0.2, -0.15) is 5.10 Å². The van der Waals surface area contributed by atoms with Crippen LogP contribution in [0.25, 0.3) is 22.0 Å². The molecule has 0 aliphatic rings. The number of benzene rings is 2. The molecule has 0 aliphatic heterocycles. The monoisotopic (exact) mass is 383 g/mol. The number of fused-ring (bicyclic) bond motifs is 1. The Kier molecular flexibility index (Phi) is 4.13. The van der Waals surface area contributed by atoms with Gasteiger partial charge in [-0.3, -0.25) is 5.10 Å². The average molecular weight is 383 g/mol. The summed E-state index contributed by atoms with van der Waals surface area (Å²) >= 11 is 1.63. The van der Waals surface area contributed by atoms with E-state index in [0.717, 1.165) is 37.5 Å². The number of aryl methyl sites for hydroxylation is 1. The molecular formula is C19H17N3O2S2. The smallest absolute Gasteiger partial charge is 0.175 e. The number of sulfone groups is 1. The summed E-state index contributed by atoms with van der Waals surface area (Å²) in [6.45, 7) is 2.05. The lowest BCUT2D eigenvalue weighted by Crippen LogP contribution is -1.95. The largest absolute Gasteiger partial charge is 0.358 e. The van der Waals surface area contributed by atoms with Gasteiger partial charge in [0.05, 0.1) is 11.1 Å². The number of nitrogens with zero attached hydrogens (tertiary/aromatic N) is 1. The summed E-state index contributed by atoms with van der Waals surface area (Å²) in [4.78, 5) is 5.88. The fourth-order valence-corrected chi connectivity index (χ4v) is 4.52. The zero-order chi connectivity index (χ0) is 18.3. The van der Waals surface area contributed by atoms with Crippen LogP contribution in [0, 0.1) is 6.92 Å². The van der Waals surface area contributed by atoms with Crippen LogP contribution in [0.5, 0.6) is 0 Å². The van der Waals surface area contributed by atoms with Crippen molar-refractivity contribution < 1.29 is 8.42 Å². The normalized spacial score (nSPS) is 11.9. The van der Waals surface area contributed by atoms with Crippen molar-refractivity contribution in [2.45, 2.75) is 21.6 Å². The molecule has 26 heavy (non-hydrogen) atoms. The lowest BCUT2D eigenvalue weighted by molar-refractivity contribution is 0.602. The van der Waals surface area contributed by atoms with E-state index in [9.17, 15) is 8.42 Å². The topological polar surface area (TPSA) is 78.6 Å². The van der Waals surface area contributed by atoms with Gasteiger partial charge in [-0.05, 0) is 48.9 Å². The SMILES string of the molecule is Cc1[nH]c2ccc(-c3cn[nH]c3)cc2c1Sc1ccc(S(C)(=O)=O)cc1. The van der Waals surface area contributed by atoms with Crippen molar-refractivity contribution in [1.29, 1.82) is 0 Å². The zero-order valence-electron chi connectivity index (χ0n) is 14.3. The van der Waals surface area contributed by atoms with Gasteiger partial charge in [0.2, 0.25) is 0 Å². The Balaban J connectivity index is 1.74. The molecule has 2 heterocycles. The Bertz CT molecular complexity index is 1180. The molecule has 2 N–H and O–H groups in total. The third-order valence-corrected chi connectivity index (χ3v) is 6.60. The van der Waals surface area contributed by atoms with E-state index in [1.54, 1.807) is 30.1 Å². The van der Waals surface area contributed by atoms with Crippen molar-refractivity contribution in [3.8, 4) is 11.1 Å². The maximum absolute atomic E-state index is 11.6. The summed E-state index contributed by atoms with van der Waals surface area (Å²) in [6, 6.07) is 13.3. The number of hydrogen-bond acceptors (Lipinski definition) is 4. The third-order valence-electron chi connectivity index (χ3n) is 4.23. The van der Waals surface area contributed by atoms with Gasteiger partial charge in [0.25, 0.3) is 0 Å². The molecule has 2 aromatic carbocycles. The first-order chi connectivity index (χ1) is 12.4. The van der Waals surface area contributed by atoms with Crippen molar-refractivity contribution in [2.75, 3.05) is 6.26 Å². The zero-order valence-corrected chi connectivity index (χ0v) is 15.9. The molecule has 0 saturated carbocycles. The van der Waals surface area contributed by atoms with Gasteiger partial charge in [-0.25, -0.2) is 8.42 Å². The van der Waals surface area contributed by atoms with Crippen molar-refractivity contribution in [3.63, 3.8) is 0 Å². The molecule has 2 aromatic heterocycles. The van der Waals surface area contributed by atoms with Crippen LogP contribution in [-0.2, 0) is 9.84 Å². The first-order valence-electron chi connectivity index (χ1n) is 8.01. The lowest BCUT2D eigenvalue weighted by atomic mass is 10.1. The van der Waals surface area contributed by atoms with Crippen molar-refractivity contribution in [3.05, 3.63) is 60.6 Å². The second-order valence-corrected chi connectivity index (χ2v) is 9.27. The minimum atomic E-state index is -3.18. The van der Waals surface area contributed by atoms with Crippen LogP contribution in [0.15, 0.2) is 69.5 Å². The number of aromatic amines is 2. The van der Waals surface area contributed by atoms with E-state index >= 15 is 0 Å². The molecule has 0 bridgehead atoms. The van der Waals surface area contributed by atoms with Crippen LogP contribution < -0.4 is 0 Å². The fraction of sp³-hybridized carbons (Fsp3) is 0.105. The predicted octanol–water partition coefficient (Wildman–Crippen LogP) is 4.42. The second-order valence-electron chi connectivity index (χ2n) is 6.17. The molecule has 0 atom stereocenters. The first kappa shape index (κ1) is 16.9. The van der Waals surface area contributed by atoms with E-state index in [4.69, 9.17) is 0 Å². The Hall–Kier alpha value is -2.51. The number of aromatic nitrogens is 3. The summed E-state index contributed by atoms with van der Waals surface area (Å²) in [5.74, 6) is 0. The Morgan fingerprint density at radius 1 is 1.04 bits per heavy atom. The van der Waals surface area contributed by atoms with Crippen LogP contribution >= 0.6 is 11.8 Å². The highest BCUT2D eigenvalue weighted by Crippen LogP contribution is 2.38. The van der Waals surface area contributed by atoms with Gasteiger partial charge in [-0.15, -0.1) is 0 Å². The van der Waals surface area contributed by atoms with E-state index in [0.29, 0.717) is 4.90 Å². The Labute approximate surface area is 155 Å². The highest BCUT2D eigenvalue weighted by atomic mass is 32.2. The molecule has 7 heteroatoms. The highest BCUT2D eigenvalue weighted by Gasteiger charge is 2.13. The summed E-state index contributed by atoms with van der Waals surface area (Å²) in [7, 11) is -3.18. The van der Waals surface area contributed by atoms with Crippen LogP contribution in [0.2, 0.25) is 0 Å². The molecule has 0 unspecified atom stereocenters. The van der Waals surface area contributed by atoms with E-state index in [2.05, 4.69) is 33.4 Å². The Morgan fingerprint density at radius 3 is 2.46 bits per heavy atom. The summed E-state index contributed by atoms with van der Waals surface area (Å²) < 4.78 is 23.2. The molecular weight excluding hydrogens is 366 g/mol. The maximum Gasteiger partial charge on any atom is 0.175 e. The minimum Gasteiger partial charge on any atom is -0.358 e. The summed E-state index contributed by atoms with van der Waals surface area (Å²) in [5.41, 5.74) is 4.30. The molecule has 5 nitrogen and oxygen atoms in total. The second kappa shape index (κ2) is 6.34. The molecule has 0 aliphatic carbocycles. The van der Waals surface area contributed by atoms with Crippen molar-refractivity contribution in [1.82, 2.24) is 15.2 Å². The first-order valence-corrected chi connectivity index (χ1v) is 10.7. The summed E-state index contributed by atoms with van der Waals surface area (Å²) in [6.07, 6.45) is 4.89. The highest BCUT2D eigenvalue weighted by molar-refractivity contribution is 7.99. The minimum absolute atomic E-state index is 0.333. The van der Waals surface area contributed by atoms with Gasteiger partial charge in [-0.1, -0.05) is 17.8 Å². The average Bonchev–Trinajstić information content (AvgIpc) is 3.23. The van der Waals surface area contributed by atoms with Gasteiger partial charge >= 0.3 is 0 Å². The standard InChI is InChI=1S/C19H17N3O2S2/c1-12-19(25-15-4-6-16(7-5-15)26(2,23)24)17-9-13(3-8-18(17)22-12)14-10-20-21-11-14/h3-11,22H,1-2H3,(H,20,21). The van der Waals surface area contributed by atoms with Gasteiger partial charge in [0.15, 0.2) is 9.84 Å². The van der Waals surface area contributed by atoms with Gasteiger partial charge in [0.1, 0.15) is 0 Å². The summed E-state index contributed by atoms with van der Waals surface area (Å²) in [5, 5.41) is 7.99. The molecule has 132 valence electrons. The molecule has 4 rings (SSSR count). The number of hydrogen-bond donors (Lipinski definition) is 2. The lowest BCUT2D eigenvalue weighted by Gasteiger charge is -2.05.